The van der Waals surface area contributed by atoms with Crippen LogP contribution in [0.25, 0.3) is 0 Å². The van der Waals surface area contributed by atoms with E-state index in [-0.39, 0.29) is 23.4 Å². The molecule has 2 N–H and O–H groups in total. The predicted molar refractivity (Wildman–Crippen MR) is 84.1 cm³/mol. The van der Waals surface area contributed by atoms with Crippen molar-refractivity contribution in [3.63, 3.8) is 0 Å². The van der Waals surface area contributed by atoms with Crippen LogP contribution in [0.5, 0.6) is 0 Å². The molecule has 1 fully saturated rings. The van der Waals surface area contributed by atoms with Crippen molar-refractivity contribution in [1.29, 1.82) is 0 Å². The first-order valence-corrected chi connectivity index (χ1v) is 8.10. The number of hydrogen-bond donors (Lipinski definition) is 2. The number of fused-ring (bicyclic) bond motifs is 1. The third-order valence-electron chi connectivity index (χ3n) is 4.77. The maximum absolute atomic E-state index is 12.2. The Morgan fingerprint density at radius 2 is 2.04 bits per heavy atom. The number of aliphatic hydroxyl groups is 1. The van der Waals surface area contributed by atoms with Crippen LogP contribution < -0.4 is 5.32 Å². The molecule has 0 saturated heterocycles. The molecule has 0 unspecified atom stereocenters. The monoisotopic (exact) mass is 313 g/mol. The molecule has 1 aliphatic carbocycles. The second kappa shape index (κ2) is 5.68. The largest absolute Gasteiger partial charge is 0.507 e. The zero-order chi connectivity index (χ0) is 15.8. The van der Waals surface area contributed by atoms with Crippen molar-refractivity contribution in [2.24, 2.45) is 4.99 Å². The molecule has 0 aromatic carbocycles. The van der Waals surface area contributed by atoms with E-state index >= 15 is 0 Å². The van der Waals surface area contributed by atoms with Crippen molar-refractivity contribution in [3.05, 3.63) is 41.4 Å². The van der Waals surface area contributed by atoms with Crippen molar-refractivity contribution >= 4 is 11.8 Å². The summed E-state index contributed by atoms with van der Waals surface area (Å²) in [4.78, 5) is 20.8. The molecule has 120 valence electrons. The van der Waals surface area contributed by atoms with Gasteiger partial charge in [-0.1, -0.05) is 12.8 Å². The summed E-state index contributed by atoms with van der Waals surface area (Å²) in [6.07, 6.45) is 7.58. The van der Waals surface area contributed by atoms with E-state index in [0.29, 0.717) is 12.3 Å². The van der Waals surface area contributed by atoms with Gasteiger partial charge in [0.1, 0.15) is 11.4 Å². The number of hydrogen-bond acceptors (Lipinski definition) is 6. The molecule has 4 rings (SSSR count). The van der Waals surface area contributed by atoms with Crippen molar-refractivity contribution in [3.8, 4) is 0 Å². The molecule has 23 heavy (non-hydrogen) atoms. The number of nitrogens with zero attached hydrogens (tertiary/aromatic N) is 2. The maximum atomic E-state index is 12.2. The van der Waals surface area contributed by atoms with E-state index < -0.39 is 12.1 Å². The summed E-state index contributed by atoms with van der Waals surface area (Å²) in [5.74, 6) is -0.00945. The Morgan fingerprint density at radius 1 is 1.26 bits per heavy atom. The molecule has 6 heteroatoms. The normalized spacial score (nSPS) is 29.8. The second-order valence-electron chi connectivity index (χ2n) is 6.29. The summed E-state index contributed by atoms with van der Waals surface area (Å²) in [5, 5.41) is 13.8. The maximum Gasteiger partial charge on any atom is 0.346 e. The zero-order valence-corrected chi connectivity index (χ0v) is 12.7. The lowest BCUT2D eigenvalue weighted by Crippen LogP contribution is -2.37. The standard InChI is InChI=1S/C17H19N3O3/c21-15-13(9-10-5-7-18-8-6-10)23-17(22)14(15)16-19-11-3-1-2-4-12(11)20-16/h5-8,11-13,21H,1-4,9H2,(H,19,20)/t11-,12-,13+/m0/s1. The average molecular weight is 313 g/mol. The summed E-state index contributed by atoms with van der Waals surface area (Å²) in [5.41, 5.74) is 1.17. The van der Waals surface area contributed by atoms with E-state index in [1.165, 1.54) is 12.8 Å². The third-order valence-corrected chi connectivity index (χ3v) is 4.77. The number of nitrogens with one attached hydrogen (secondary N) is 1. The Hall–Kier alpha value is -2.37. The fourth-order valence-corrected chi connectivity index (χ4v) is 3.55. The summed E-state index contributed by atoms with van der Waals surface area (Å²) in [6, 6.07) is 4.19. The number of ether oxygens (including phenoxy) is 1. The van der Waals surface area contributed by atoms with Gasteiger partial charge in [-0.05, 0) is 30.5 Å². The molecule has 0 bridgehead atoms. The smallest absolute Gasteiger partial charge is 0.346 e. The van der Waals surface area contributed by atoms with Crippen LogP contribution in [-0.4, -0.2) is 40.1 Å². The van der Waals surface area contributed by atoms with Gasteiger partial charge in [0.05, 0.1) is 6.04 Å². The molecule has 2 aliphatic heterocycles. The van der Waals surface area contributed by atoms with Crippen molar-refractivity contribution in [1.82, 2.24) is 10.3 Å². The van der Waals surface area contributed by atoms with E-state index in [2.05, 4.69) is 15.3 Å². The number of amidine groups is 1. The highest BCUT2D eigenvalue weighted by atomic mass is 16.6. The van der Waals surface area contributed by atoms with E-state index in [1.54, 1.807) is 12.4 Å². The Labute approximate surface area is 134 Å². The van der Waals surface area contributed by atoms with Crippen LogP contribution in [-0.2, 0) is 16.0 Å². The van der Waals surface area contributed by atoms with Gasteiger partial charge in [0, 0.05) is 24.9 Å². The summed E-state index contributed by atoms with van der Waals surface area (Å²) in [7, 11) is 0. The lowest BCUT2D eigenvalue weighted by Gasteiger charge is -2.23. The van der Waals surface area contributed by atoms with Crippen LogP contribution in [0, 0.1) is 0 Å². The molecule has 0 radical (unpaired) electrons. The van der Waals surface area contributed by atoms with Crippen molar-refractivity contribution in [2.75, 3.05) is 0 Å². The lowest BCUT2D eigenvalue weighted by molar-refractivity contribution is -0.139. The van der Waals surface area contributed by atoms with Crippen molar-refractivity contribution < 1.29 is 14.6 Å². The highest BCUT2D eigenvalue weighted by Crippen LogP contribution is 2.30. The number of cyclic esters (lactones) is 1. The number of rotatable bonds is 3. The Morgan fingerprint density at radius 3 is 2.83 bits per heavy atom. The fraction of sp³-hybridized carbons (Fsp3) is 0.471. The molecule has 1 saturated carbocycles. The first-order chi connectivity index (χ1) is 11.2. The average Bonchev–Trinajstić information content (AvgIpc) is 3.09. The van der Waals surface area contributed by atoms with Crippen LogP contribution in [0.1, 0.15) is 31.2 Å². The van der Waals surface area contributed by atoms with Gasteiger partial charge in [-0.2, -0.15) is 0 Å². The van der Waals surface area contributed by atoms with Crippen LogP contribution in [0.2, 0.25) is 0 Å². The zero-order valence-electron chi connectivity index (χ0n) is 12.7. The number of carbonyl (C=O) groups excluding carboxylic acids is 1. The molecule has 1 aromatic rings. The second-order valence-corrected chi connectivity index (χ2v) is 6.29. The van der Waals surface area contributed by atoms with Gasteiger partial charge in [0.25, 0.3) is 0 Å². The first kappa shape index (κ1) is 14.2. The van der Waals surface area contributed by atoms with Crippen LogP contribution in [0.4, 0.5) is 0 Å². The number of pyridine rings is 1. The van der Waals surface area contributed by atoms with E-state index in [1.807, 2.05) is 12.1 Å². The topological polar surface area (TPSA) is 83.8 Å². The number of carbonyl (C=O) groups is 1. The predicted octanol–water partition coefficient (Wildman–Crippen LogP) is 1.67. The van der Waals surface area contributed by atoms with Gasteiger partial charge in [0.2, 0.25) is 0 Å². The minimum Gasteiger partial charge on any atom is -0.507 e. The number of esters is 1. The molecule has 3 heterocycles. The first-order valence-electron chi connectivity index (χ1n) is 8.10. The van der Waals surface area contributed by atoms with E-state index in [9.17, 15) is 9.90 Å². The molecule has 6 nitrogen and oxygen atoms in total. The minimum atomic E-state index is -0.646. The molecular formula is C17H19N3O3. The van der Waals surface area contributed by atoms with Gasteiger partial charge in [0.15, 0.2) is 11.9 Å². The molecule has 3 atom stereocenters. The van der Waals surface area contributed by atoms with Gasteiger partial charge in [-0.3, -0.25) is 9.98 Å². The summed E-state index contributed by atoms with van der Waals surface area (Å²) >= 11 is 0. The highest BCUT2D eigenvalue weighted by molar-refractivity contribution is 6.21. The quantitative estimate of drug-likeness (QED) is 0.829. The van der Waals surface area contributed by atoms with E-state index in [0.717, 1.165) is 18.4 Å². The number of aromatic nitrogens is 1. The van der Waals surface area contributed by atoms with Gasteiger partial charge in [-0.25, -0.2) is 4.79 Å². The van der Waals surface area contributed by atoms with Crippen molar-refractivity contribution in [2.45, 2.75) is 50.3 Å². The summed E-state index contributed by atoms with van der Waals surface area (Å²) < 4.78 is 5.35. The lowest BCUT2D eigenvalue weighted by atomic mass is 9.92. The molecule has 3 aliphatic rings. The summed E-state index contributed by atoms with van der Waals surface area (Å²) in [6.45, 7) is 0. The molecule has 0 amide bonds. The fourth-order valence-electron chi connectivity index (χ4n) is 3.55. The Bertz CT molecular complexity index is 684. The SMILES string of the molecule is O=C1O[C@H](Cc2ccncc2)C(O)=C1C1=N[C@H]2CCCC[C@@H]2N1. The van der Waals surface area contributed by atoms with Gasteiger partial charge < -0.3 is 15.2 Å². The molecule has 1 aromatic heterocycles. The highest BCUT2D eigenvalue weighted by Gasteiger charge is 2.41. The third kappa shape index (κ3) is 2.58. The van der Waals surface area contributed by atoms with Gasteiger partial charge in [-0.15, -0.1) is 0 Å². The Kier molecular flexibility index (Phi) is 3.52. The minimum absolute atomic E-state index is 0.0169. The molecule has 0 spiro atoms. The van der Waals surface area contributed by atoms with Crippen LogP contribution in [0.15, 0.2) is 40.9 Å². The molecular weight excluding hydrogens is 294 g/mol. The number of aliphatic hydroxyl groups excluding tert-OH is 1. The van der Waals surface area contributed by atoms with Crippen LogP contribution in [0.3, 0.4) is 0 Å². The van der Waals surface area contributed by atoms with Gasteiger partial charge >= 0.3 is 5.97 Å². The van der Waals surface area contributed by atoms with E-state index in [4.69, 9.17) is 4.74 Å². The van der Waals surface area contributed by atoms with Crippen LogP contribution >= 0.6 is 0 Å². The number of aliphatic imine (C=N–C) groups is 1. The Balaban J connectivity index is 1.56.